The molecule has 2 aliphatic heterocycles. The highest BCUT2D eigenvalue weighted by molar-refractivity contribution is 5.98. The van der Waals surface area contributed by atoms with Gasteiger partial charge in [0.15, 0.2) is 0 Å². The highest BCUT2D eigenvalue weighted by Gasteiger charge is 2.37. The van der Waals surface area contributed by atoms with Crippen LogP contribution in [0.1, 0.15) is 65.8 Å². The molecule has 1 N–H and O–H groups in total. The molecule has 3 aliphatic rings. The lowest BCUT2D eigenvalue weighted by Gasteiger charge is -2.37. The zero-order valence-electron chi connectivity index (χ0n) is 21.3. The molecule has 2 heterocycles. The van der Waals surface area contributed by atoms with Gasteiger partial charge in [0.1, 0.15) is 5.82 Å². The maximum absolute atomic E-state index is 15.0. The fraction of sp³-hybridized carbons (Fsp3) is 0.517. The second-order valence-corrected chi connectivity index (χ2v) is 10.5. The van der Waals surface area contributed by atoms with E-state index in [0.717, 1.165) is 48.7 Å². The number of hydrogen-bond donors (Lipinski definition) is 1. The summed E-state index contributed by atoms with van der Waals surface area (Å²) >= 11 is 0. The van der Waals surface area contributed by atoms with Gasteiger partial charge in [0.05, 0.1) is 12.7 Å². The standard InChI is InChI=1S/C29H36FN3O3/c1-19(2)36-15-12-31-28(34)22-7-8-25(27(30)17-22)20-6-9-26-21(16-20)10-14-33(29(26)35)24-11-13-32(18-24)23-4-3-5-23/h6-9,16-17,19,23-24H,3-5,10-15,18H2,1-2H3,(H,31,34)/t24-/m1/s1. The van der Waals surface area contributed by atoms with Crippen LogP contribution in [0.15, 0.2) is 36.4 Å². The van der Waals surface area contributed by atoms with Crippen molar-refractivity contribution in [1.29, 1.82) is 0 Å². The van der Waals surface area contributed by atoms with Crippen LogP contribution in [0.4, 0.5) is 4.39 Å². The molecule has 2 amide bonds. The van der Waals surface area contributed by atoms with E-state index in [4.69, 9.17) is 4.74 Å². The Morgan fingerprint density at radius 1 is 1.08 bits per heavy atom. The van der Waals surface area contributed by atoms with Crippen molar-refractivity contribution in [3.05, 3.63) is 58.9 Å². The fourth-order valence-electron chi connectivity index (χ4n) is 5.58. The minimum Gasteiger partial charge on any atom is -0.377 e. The minimum absolute atomic E-state index is 0.0946. The molecule has 2 aromatic carbocycles. The van der Waals surface area contributed by atoms with E-state index in [2.05, 4.69) is 15.1 Å². The number of benzene rings is 2. The van der Waals surface area contributed by atoms with E-state index >= 15 is 4.39 Å². The zero-order valence-corrected chi connectivity index (χ0v) is 21.3. The summed E-state index contributed by atoms with van der Waals surface area (Å²) < 4.78 is 20.4. The Hall–Kier alpha value is -2.77. The average Bonchev–Trinajstić information content (AvgIpc) is 3.29. The van der Waals surface area contributed by atoms with Crippen molar-refractivity contribution >= 4 is 11.8 Å². The van der Waals surface area contributed by atoms with Crippen LogP contribution in [0.2, 0.25) is 0 Å². The molecule has 0 bridgehead atoms. The third-order valence-corrected chi connectivity index (χ3v) is 7.83. The van der Waals surface area contributed by atoms with E-state index in [1.807, 2.05) is 32.0 Å². The van der Waals surface area contributed by atoms with Gasteiger partial charge in [0.25, 0.3) is 11.8 Å². The number of ether oxygens (including phenoxy) is 1. The number of amides is 2. The van der Waals surface area contributed by atoms with Gasteiger partial charge in [-0.1, -0.05) is 24.6 Å². The molecule has 0 spiro atoms. The van der Waals surface area contributed by atoms with Crippen LogP contribution < -0.4 is 5.32 Å². The Bertz CT molecular complexity index is 1130. The highest BCUT2D eigenvalue weighted by Crippen LogP contribution is 2.33. The number of likely N-dealkylation sites (tertiary alicyclic amines) is 1. The lowest BCUT2D eigenvalue weighted by molar-refractivity contribution is 0.0646. The monoisotopic (exact) mass is 493 g/mol. The molecule has 0 aromatic heterocycles. The van der Waals surface area contributed by atoms with Crippen LogP contribution in [-0.2, 0) is 11.2 Å². The Balaban J connectivity index is 1.24. The van der Waals surface area contributed by atoms with Crippen LogP contribution in [0.25, 0.3) is 11.1 Å². The summed E-state index contributed by atoms with van der Waals surface area (Å²) in [6.45, 7) is 7.43. The van der Waals surface area contributed by atoms with Crippen molar-refractivity contribution in [2.24, 2.45) is 0 Å². The first-order valence-electron chi connectivity index (χ1n) is 13.3. The second kappa shape index (κ2) is 10.7. The Kier molecular flexibility index (Phi) is 7.39. The summed E-state index contributed by atoms with van der Waals surface area (Å²) in [5.74, 6) is -0.684. The van der Waals surface area contributed by atoms with Gasteiger partial charge in [-0.05, 0) is 68.9 Å². The van der Waals surface area contributed by atoms with Crippen LogP contribution in [0.5, 0.6) is 0 Å². The first-order valence-corrected chi connectivity index (χ1v) is 13.3. The normalized spacial score (nSPS) is 20.5. The van der Waals surface area contributed by atoms with E-state index < -0.39 is 5.82 Å². The molecule has 1 aliphatic carbocycles. The smallest absolute Gasteiger partial charge is 0.254 e. The third kappa shape index (κ3) is 5.18. The zero-order chi connectivity index (χ0) is 25.2. The van der Waals surface area contributed by atoms with Gasteiger partial charge in [0, 0.05) is 55.0 Å². The molecule has 1 saturated carbocycles. The van der Waals surface area contributed by atoms with Crippen LogP contribution in [0.3, 0.4) is 0 Å². The number of fused-ring (bicyclic) bond motifs is 1. The number of nitrogens with zero attached hydrogens (tertiary/aromatic N) is 2. The van der Waals surface area contributed by atoms with Gasteiger partial charge in [-0.3, -0.25) is 14.5 Å². The van der Waals surface area contributed by atoms with Gasteiger partial charge in [-0.25, -0.2) is 4.39 Å². The SMILES string of the molecule is CC(C)OCCNC(=O)c1ccc(-c2ccc3c(c2)CCN([C@@H]2CCN(C4CCC4)C2)C3=O)c(F)c1. The summed E-state index contributed by atoms with van der Waals surface area (Å²) in [4.78, 5) is 30.3. The minimum atomic E-state index is -0.452. The van der Waals surface area contributed by atoms with Crippen LogP contribution >= 0.6 is 0 Å². The van der Waals surface area contributed by atoms with E-state index in [-0.39, 0.29) is 23.5 Å². The van der Waals surface area contributed by atoms with Crippen molar-refractivity contribution < 1.29 is 18.7 Å². The molecule has 192 valence electrons. The number of nitrogens with one attached hydrogen (secondary N) is 1. The van der Waals surface area contributed by atoms with Crippen molar-refractivity contribution in [2.75, 3.05) is 32.8 Å². The number of hydrogen-bond acceptors (Lipinski definition) is 4. The molecule has 7 heteroatoms. The predicted molar refractivity (Wildman–Crippen MR) is 138 cm³/mol. The van der Waals surface area contributed by atoms with Gasteiger partial charge in [-0.2, -0.15) is 0 Å². The Labute approximate surface area is 212 Å². The number of halogens is 1. The van der Waals surface area contributed by atoms with Crippen molar-refractivity contribution in [2.45, 2.75) is 64.1 Å². The maximum atomic E-state index is 15.0. The number of rotatable bonds is 8. The average molecular weight is 494 g/mol. The molecule has 0 radical (unpaired) electrons. The molecule has 6 nitrogen and oxygen atoms in total. The molecule has 36 heavy (non-hydrogen) atoms. The van der Waals surface area contributed by atoms with E-state index in [9.17, 15) is 9.59 Å². The number of carbonyl (C=O) groups excluding carboxylic acids is 2. The van der Waals surface area contributed by atoms with Crippen molar-refractivity contribution in [3.8, 4) is 11.1 Å². The van der Waals surface area contributed by atoms with E-state index in [1.165, 1.54) is 25.3 Å². The molecular weight excluding hydrogens is 457 g/mol. The van der Waals surface area contributed by atoms with Gasteiger partial charge < -0.3 is 15.0 Å². The van der Waals surface area contributed by atoms with Crippen LogP contribution in [0, 0.1) is 5.82 Å². The highest BCUT2D eigenvalue weighted by atomic mass is 19.1. The molecule has 1 saturated heterocycles. The van der Waals surface area contributed by atoms with Gasteiger partial charge in [-0.15, -0.1) is 0 Å². The molecule has 2 fully saturated rings. The molecular formula is C29H36FN3O3. The first kappa shape index (κ1) is 24.9. The summed E-state index contributed by atoms with van der Waals surface area (Å²) in [5.41, 5.74) is 3.12. The molecule has 2 aromatic rings. The molecule has 1 atom stereocenters. The quantitative estimate of drug-likeness (QED) is 0.558. The lowest BCUT2D eigenvalue weighted by atomic mass is 9.91. The number of carbonyl (C=O) groups is 2. The second-order valence-electron chi connectivity index (χ2n) is 10.5. The van der Waals surface area contributed by atoms with Crippen molar-refractivity contribution in [3.63, 3.8) is 0 Å². The topological polar surface area (TPSA) is 61.9 Å². The Morgan fingerprint density at radius 3 is 2.61 bits per heavy atom. The third-order valence-electron chi connectivity index (χ3n) is 7.83. The summed E-state index contributed by atoms with van der Waals surface area (Å²) in [6, 6.07) is 11.1. The van der Waals surface area contributed by atoms with Gasteiger partial charge in [0.2, 0.25) is 0 Å². The van der Waals surface area contributed by atoms with Gasteiger partial charge >= 0.3 is 0 Å². The summed E-state index contributed by atoms with van der Waals surface area (Å²) in [7, 11) is 0. The maximum Gasteiger partial charge on any atom is 0.254 e. The van der Waals surface area contributed by atoms with Crippen molar-refractivity contribution in [1.82, 2.24) is 15.1 Å². The largest absolute Gasteiger partial charge is 0.377 e. The Morgan fingerprint density at radius 2 is 1.89 bits per heavy atom. The lowest BCUT2D eigenvalue weighted by Crippen LogP contribution is -2.47. The summed E-state index contributed by atoms with van der Waals surface area (Å²) in [5, 5.41) is 2.75. The van der Waals surface area contributed by atoms with Crippen LogP contribution in [-0.4, -0.2) is 72.6 Å². The molecule has 5 rings (SSSR count). The van der Waals surface area contributed by atoms with E-state index in [1.54, 1.807) is 12.1 Å². The van der Waals surface area contributed by atoms with E-state index in [0.29, 0.717) is 31.3 Å². The predicted octanol–water partition coefficient (Wildman–Crippen LogP) is 4.27. The summed E-state index contributed by atoms with van der Waals surface area (Å²) in [6.07, 6.45) is 5.83. The first-order chi connectivity index (χ1) is 17.4. The fourth-order valence-corrected chi connectivity index (χ4v) is 5.58. The molecule has 0 unspecified atom stereocenters.